The van der Waals surface area contributed by atoms with Crippen molar-refractivity contribution < 1.29 is 10.0 Å². The van der Waals surface area contributed by atoms with E-state index in [0.717, 1.165) is 18.6 Å². The minimum absolute atomic E-state index is 0.553. The van der Waals surface area contributed by atoms with Crippen LogP contribution in [0.5, 0.6) is 0 Å². The Labute approximate surface area is 105 Å². The zero-order valence-electron chi connectivity index (χ0n) is 6.94. The first-order valence-electron chi connectivity index (χ1n) is 3.86. The molecule has 0 saturated carbocycles. The van der Waals surface area contributed by atoms with Crippen molar-refractivity contribution in [2.24, 2.45) is 0 Å². The molecule has 14 heavy (non-hydrogen) atoms. The SMILES string of the molecule is OB(O)c1cc2cc(I)cc(S)c2s1. The van der Waals surface area contributed by atoms with Gasteiger partial charge in [0.25, 0.3) is 0 Å². The number of hydrogen-bond acceptors (Lipinski definition) is 4. The lowest BCUT2D eigenvalue weighted by atomic mass is 9.89. The number of rotatable bonds is 1. The monoisotopic (exact) mass is 336 g/mol. The zero-order chi connectivity index (χ0) is 10.3. The van der Waals surface area contributed by atoms with Crippen molar-refractivity contribution in [3.8, 4) is 0 Å². The molecule has 1 heterocycles. The van der Waals surface area contributed by atoms with Crippen LogP contribution in [0.4, 0.5) is 0 Å². The number of fused-ring (bicyclic) bond motifs is 1. The van der Waals surface area contributed by atoms with Gasteiger partial charge in [-0.05, 0) is 46.2 Å². The molecule has 1 aromatic carbocycles. The smallest absolute Gasteiger partial charge is 0.423 e. The van der Waals surface area contributed by atoms with E-state index >= 15 is 0 Å². The van der Waals surface area contributed by atoms with Crippen LogP contribution >= 0.6 is 46.6 Å². The second-order valence-corrected chi connectivity index (χ2v) is 5.68. The molecular weight excluding hydrogens is 330 g/mol. The van der Waals surface area contributed by atoms with Crippen LogP contribution in [0, 0.1) is 3.57 Å². The molecule has 2 aromatic rings. The molecule has 0 amide bonds. The summed E-state index contributed by atoms with van der Waals surface area (Å²) in [6.45, 7) is 0. The first-order chi connectivity index (χ1) is 6.58. The summed E-state index contributed by atoms with van der Waals surface area (Å²) < 4.78 is 2.64. The molecule has 0 spiro atoms. The Bertz CT molecular complexity index is 483. The maximum Gasteiger partial charge on any atom is 0.499 e. The Morgan fingerprint density at radius 3 is 2.64 bits per heavy atom. The predicted molar refractivity (Wildman–Crippen MR) is 71.6 cm³/mol. The molecule has 1 aromatic heterocycles. The van der Waals surface area contributed by atoms with Gasteiger partial charge >= 0.3 is 7.12 Å². The molecule has 0 aliphatic heterocycles. The quantitative estimate of drug-likeness (QED) is 0.419. The Balaban J connectivity index is 2.70. The van der Waals surface area contributed by atoms with Crippen molar-refractivity contribution in [3.63, 3.8) is 0 Å². The number of halogens is 1. The average Bonchev–Trinajstić information content (AvgIpc) is 2.47. The molecule has 0 fully saturated rings. The molecule has 0 unspecified atom stereocenters. The average molecular weight is 336 g/mol. The maximum atomic E-state index is 9.02. The Morgan fingerprint density at radius 2 is 2.00 bits per heavy atom. The van der Waals surface area contributed by atoms with E-state index < -0.39 is 7.12 Å². The van der Waals surface area contributed by atoms with Gasteiger partial charge in [-0.2, -0.15) is 0 Å². The topological polar surface area (TPSA) is 40.5 Å². The van der Waals surface area contributed by atoms with E-state index in [4.69, 9.17) is 10.0 Å². The summed E-state index contributed by atoms with van der Waals surface area (Å²) in [7, 11) is -1.39. The third kappa shape index (κ3) is 1.94. The van der Waals surface area contributed by atoms with Crippen molar-refractivity contribution in [3.05, 3.63) is 21.8 Å². The van der Waals surface area contributed by atoms with Crippen molar-refractivity contribution in [2.75, 3.05) is 0 Å². The molecule has 0 bridgehead atoms. The lowest BCUT2D eigenvalue weighted by molar-refractivity contribution is 0.427. The van der Waals surface area contributed by atoms with Gasteiger partial charge < -0.3 is 10.0 Å². The molecule has 6 heteroatoms. The minimum atomic E-state index is -1.39. The first-order valence-corrected chi connectivity index (χ1v) is 6.20. The van der Waals surface area contributed by atoms with Gasteiger partial charge in [-0.3, -0.25) is 0 Å². The third-order valence-corrected chi connectivity index (χ3v) is 4.19. The van der Waals surface area contributed by atoms with Crippen molar-refractivity contribution in [1.29, 1.82) is 0 Å². The van der Waals surface area contributed by atoms with Crippen LogP contribution in [-0.4, -0.2) is 17.2 Å². The molecule has 72 valence electrons. The molecule has 0 aliphatic rings. The number of thiophene rings is 1. The Kier molecular flexibility index (Phi) is 3.08. The zero-order valence-corrected chi connectivity index (χ0v) is 10.8. The van der Waals surface area contributed by atoms with E-state index in [0.29, 0.717) is 4.78 Å². The molecule has 0 aliphatic carbocycles. The highest BCUT2D eigenvalue weighted by Crippen LogP contribution is 2.28. The molecule has 0 saturated heterocycles. The Hall–Kier alpha value is 0.245. The fourth-order valence-corrected chi connectivity index (χ4v) is 3.47. The van der Waals surface area contributed by atoms with Crippen LogP contribution < -0.4 is 4.78 Å². The van der Waals surface area contributed by atoms with Crippen LogP contribution in [0.3, 0.4) is 0 Å². The summed E-state index contributed by atoms with van der Waals surface area (Å²) in [6.07, 6.45) is 0. The fourth-order valence-electron chi connectivity index (χ4n) is 1.25. The molecule has 2 nitrogen and oxygen atoms in total. The van der Waals surface area contributed by atoms with Gasteiger partial charge in [-0.15, -0.1) is 24.0 Å². The highest BCUT2D eigenvalue weighted by Gasteiger charge is 2.15. The van der Waals surface area contributed by atoms with Gasteiger partial charge in [0, 0.05) is 17.9 Å². The number of thiol groups is 1. The van der Waals surface area contributed by atoms with E-state index in [1.54, 1.807) is 6.07 Å². The van der Waals surface area contributed by atoms with E-state index in [1.807, 2.05) is 12.1 Å². The summed E-state index contributed by atoms with van der Waals surface area (Å²) in [6, 6.07) is 5.74. The van der Waals surface area contributed by atoms with Crippen LogP contribution in [-0.2, 0) is 0 Å². The van der Waals surface area contributed by atoms with Gasteiger partial charge in [-0.1, -0.05) is 0 Å². The second kappa shape index (κ2) is 4.01. The molecule has 0 radical (unpaired) electrons. The fraction of sp³-hybridized carbons (Fsp3) is 0. The van der Waals surface area contributed by atoms with Crippen molar-refractivity contribution in [2.45, 2.75) is 4.90 Å². The maximum absolute atomic E-state index is 9.02. The van der Waals surface area contributed by atoms with Gasteiger partial charge in [0.05, 0.1) is 0 Å². The van der Waals surface area contributed by atoms with Crippen molar-refractivity contribution in [1.82, 2.24) is 0 Å². The molecule has 0 atom stereocenters. The van der Waals surface area contributed by atoms with Crippen molar-refractivity contribution >= 4 is 68.5 Å². The molecule has 2 rings (SSSR count). The molecule has 2 N–H and O–H groups in total. The molecular formula is C8H6BIO2S2. The second-order valence-electron chi connectivity index (χ2n) is 2.87. The van der Waals surface area contributed by atoms with Crippen LogP contribution in [0.15, 0.2) is 23.1 Å². The van der Waals surface area contributed by atoms with Gasteiger partial charge in [0.1, 0.15) is 0 Å². The largest absolute Gasteiger partial charge is 0.499 e. The predicted octanol–water partition coefficient (Wildman–Crippen LogP) is 1.47. The van der Waals surface area contributed by atoms with Gasteiger partial charge in [0.15, 0.2) is 0 Å². The lowest BCUT2D eigenvalue weighted by Gasteiger charge is -1.95. The highest BCUT2D eigenvalue weighted by molar-refractivity contribution is 14.1. The summed E-state index contributed by atoms with van der Waals surface area (Å²) in [4.78, 5) is 0.879. The van der Waals surface area contributed by atoms with E-state index in [2.05, 4.69) is 35.2 Å². The Morgan fingerprint density at radius 1 is 1.29 bits per heavy atom. The third-order valence-electron chi connectivity index (χ3n) is 1.83. The van der Waals surface area contributed by atoms with Gasteiger partial charge in [0.2, 0.25) is 0 Å². The van der Waals surface area contributed by atoms with E-state index in [1.165, 1.54) is 11.3 Å². The van der Waals surface area contributed by atoms with Crippen LogP contribution in [0.2, 0.25) is 0 Å². The van der Waals surface area contributed by atoms with E-state index in [-0.39, 0.29) is 0 Å². The van der Waals surface area contributed by atoms with E-state index in [9.17, 15) is 0 Å². The van der Waals surface area contributed by atoms with Gasteiger partial charge in [-0.25, -0.2) is 0 Å². The first kappa shape index (κ1) is 10.8. The van der Waals surface area contributed by atoms with Crippen LogP contribution in [0.1, 0.15) is 0 Å². The minimum Gasteiger partial charge on any atom is -0.423 e. The summed E-state index contributed by atoms with van der Waals surface area (Å²) >= 11 is 7.92. The number of hydrogen-bond donors (Lipinski definition) is 3. The number of benzene rings is 1. The summed E-state index contributed by atoms with van der Waals surface area (Å²) in [5.41, 5.74) is 0. The lowest BCUT2D eigenvalue weighted by Crippen LogP contribution is -2.26. The summed E-state index contributed by atoms with van der Waals surface area (Å²) in [5.74, 6) is 0. The standard InChI is InChI=1S/C8H6BIO2S2/c10-5-1-4-2-7(9(11)12)14-8(4)6(13)3-5/h1-3,11-13H. The van der Waals surface area contributed by atoms with Crippen LogP contribution in [0.25, 0.3) is 10.1 Å². The highest BCUT2D eigenvalue weighted by atomic mass is 127. The normalized spacial score (nSPS) is 10.9. The summed E-state index contributed by atoms with van der Waals surface area (Å²) in [5, 5.41) is 19.1.